The van der Waals surface area contributed by atoms with Crippen molar-refractivity contribution < 1.29 is 14.3 Å². The Hall–Kier alpha value is -1.75. The van der Waals surface area contributed by atoms with Gasteiger partial charge in [0.15, 0.2) is 11.5 Å². The fourth-order valence-electron chi connectivity index (χ4n) is 4.12. The van der Waals surface area contributed by atoms with Crippen molar-refractivity contribution in [2.45, 2.75) is 37.8 Å². The monoisotopic (exact) mass is 302 g/mol. The Bertz CT molecular complexity index is 589. The predicted molar refractivity (Wildman–Crippen MR) is 82.3 cm³/mol. The molecule has 2 saturated heterocycles. The van der Waals surface area contributed by atoms with Crippen LogP contribution in [0.1, 0.15) is 36.0 Å². The van der Waals surface area contributed by atoms with Crippen LogP contribution < -0.4 is 9.47 Å². The molecule has 0 unspecified atom stereocenters. The number of fused-ring (bicyclic) bond motifs is 1. The molecule has 5 heteroatoms. The lowest BCUT2D eigenvalue weighted by atomic mass is 10.0. The summed E-state index contributed by atoms with van der Waals surface area (Å²) in [5.74, 6) is 1.38. The summed E-state index contributed by atoms with van der Waals surface area (Å²) in [6, 6.07) is 6.40. The van der Waals surface area contributed by atoms with Crippen LogP contribution in [0, 0.1) is 0 Å². The number of likely N-dealkylation sites (tertiary alicyclic amines) is 2. The lowest BCUT2D eigenvalue weighted by molar-refractivity contribution is 0.0660. The van der Waals surface area contributed by atoms with Gasteiger partial charge in [-0.1, -0.05) is 6.07 Å². The minimum absolute atomic E-state index is 0.0881. The highest BCUT2D eigenvalue weighted by Gasteiger charge is 2.39. The minimum Gasteiger partial charge on any atom is -0.454 e. The van der Waals surface area contributed by atoms with Crippen LogP contribution in [-0.4, -0.2) is 54.7 Å². The lowest BCUT2D eigenvalue weighted by Gasteiger charge is -2.33. The zero-order valence-corrected chi connectivity index (χ0v) is 13.0. The van der Waals surface area contributed by atoms with Crippen molar-refractivity contribution in [3.8, 4) is 11.5 Å². The van der Waals surface area contributed by atoms with Gasteiger partial charge in [0.25, 0.3) is 5.91 Å². The number of hydrogen-bond donors (Lipinski definition) is 0. The molecule has 0 radical (unpaired) electrons. The van der Waals surface area contributed by atoms with Crippen molar-refractivity contribution in [1.82, 2.24) is 9.80 Å². The molecule has 3 aliphatic rings. The Morgan fingerprint density at radius 2 is 1.95 bits per heavy atom. The van der Waals surface area contributed by atoms with E-state index in [4.69, 9.17) is 9.47 Å². The first-order valence-electron chi connectivity index (χ1n) is 8.15. The summed E-state index contributed by atoms with van der Waals surface area (Å²) in [5, 5.41) is 0. The van der Waals surface area contributed by atoms with Gasteiger partial charge >= 0.3 is 0 Å². The molecular weight excluding hydrogens is 280 g/mol. The predicted octanol–water partition coefficient (Wildman–Crippen LogP) is 2.11. The summed E-state index contributed by atoms with van der Waals surface area (Å²) in [5.41, 5.74) is 0.641. The van der Waals surface area contributed by atoms with E-state index < -0.39 is 0 Å². The third kappa shape index (κ3) is 2.15. The van der Waals surface area contributed by atoms with Crippen LogP contribution in [0.25, 0.3) is 0 Å². The van der Waals surface area contributed by atoms with Crippen molar-refractivity contribution in [1.29, 1.82) is 0 Å². The van der Waals surface area contributed by atoms with E-state index in [0.717, 1.165) is 25.9 Å². The maximum absolute atomic E-state index is 13.1. The van der Waals surface area contributed by atoms with Gasteiger partial charge in [0.2, 0.25) is 6.79 Å². The number of hydrogen-bond acceptors (Lipinski definition) is 4. The van der Waals surface area contributed by atoms with Crippen LogP contribution in [0.3, 0.4) is 0 Å². The van der Waals surface area contributed by atoms with Crippen LogP contribution in [0.5, 0.6) is 11.5 Å². The van der Waals surface area contributed by atoms with Crippen molar-refractivity contribution in [2.75, 3.05) is 26.9 Å². The Morgan fingerprint density at radius 1 is 1.14 bits per heavy atom. The van der Waals surface area contributed by atoms with E-state index in [9.17, 15) is 4.79 Å². The Labute approximate surface area is 130 Å². The van der Waals surface area contributed by atoms with Gasteiger partial charge in [-0.2, -0.15) is 0 Å². The van der Waals surface area contributed by atoms with E-state index in [1.54, 1.807) is 0 Å². The molecule has 3 heterocycles. The molecule has 0 N–H and O–H groups in total. The van der Waals surface area contributed by atoms with Gasteiger partial charge in [-0.3, -0.25) is 4.79 Å². The van der Waals surface area contributed by atoms with Crippen LogP contribution >= 0.6 is 0 Å². The number of carbonyl (C=O) groups excluding carboxylic acids is 1. The Morgan fingerprint density at radius 3 is 2.77 bits per heavy atom. The van der Waals surface area contributed by atoms with E-state index in [-0.39, 0.29) is 12.7 Å². The second-order valence-corrected chi connectivity index (χ2v) is 6.44. The van der Waals surface area contributed by atoms with Crippen LogP contribution in [0.2, 0.25) is 0 Å². The van der Waals surface area contributed by atoms with E-state index in [2.05, 4.69) is 16.8 Å². The third-order valence-corrected chi connectivity index (χ3v) is 5.21. The summed E-state index contributed by atoms with van der Waals surface area (Å²) in [6.07, 6.45) is 4.62. The Kier molecular flexibility index (Phi) is 3.45. The summed E-state index contributed by atoms with van der Waals surface area (Å²) in [4.78, 5) is 17.5. The first-order chi connectivity index (χ1) is 10.8. The van der Waals surface area contributed by atoms with Crippen molar-refractivity contribution >= 4 is 5.91 Å². The molecule has 4 rings (SSSR count). The SMILES string of the molecule is CN1CCC[C@@H]1[C@H]1CCCN1C(=O)c1cccc2c1OCO2. The maximum atomic E-state index is 13.1. The highest BCUT2D eigenvalue weighted by atomic mass is 16.7. The highest BCUT2D eigenvalue weighted by molar-refractivity contribution is 5.98. The average Bonchev–Trinajstić information content (AvgIpc) is 3.25. The second-order valence-electron chi connectivity index (χ2n) is 6.44. The topological polar surface area (TPSA) is 42.0 Å². The molecule has 5 nitrogen and oxygen atoms in total. The van der Waals surface area contributed by atoms with Crippen LogP contribution in [0.15, 0.2) is 18.2 Å². The molecule has 2 atom stereocenters. The van der Waals surface area contributed by atoms with Crippen LogP contribution in [-0.2, 0) is 0 Å². The van der Waals surface area contributed by atoms with E-state index >= 15 is 0 Å². The van der Waals surface area contributed by atoms with E-state index in [1.165, 1.54) is 12.8 Å². The number of likely N-dealkylation sites (N-methyl/N-ethyl adjacent to an activating group) is 1. The number of carbonyl (C=O) groups is 1. The molecule has 22 heavy (non-hydrogen) atoms. The van der Waals surface area contributed by atoms with Gasteiger partial charge < -0.3 is 19.3 Å². The van der Waals surface area contributed by atoms with Gasteiger partial charge in [-0.15, -0.1) is 0 Å². The fraction of sp³-hybridized carbons (Fsp3) is 0.588. The zero-order chi connectivity index (χ0) is 15.1. The summed E-state index contributed by atoms with van der Waals surface area (Å²) < 4.78 is 10.9. The molecule has 0 aliphatic carbocycles. The molecule has 1 amide bonds. The standard InChI is InChI=1S/C17H22N2O3/c1-18-9-3-6-13(18)14-7-4-10-19(14)17(20)12-5-2-8-15-16(12)22-11-21-15/h2,5,8,13-14H,3-4,6-7,9-11H2,1H3/t13-,14-/m1/s1. The summed E-state index contributed by atoms with van der Waals surface area (Å²) in [7, 11) is 2.18. The third-order valence-electron chi connectivity index (χ3n) is 5.21. The molecule has 3 aliphatic heterocycles. The quantitative estimate of drug-likeness (QED) is 0.839. The number of para-hydroxylation sites is 1. The number of amides is 1. The molecule has 0 spiro atoms. The summed E-state index contributed by atoms with van der Waals surface area (Å²) >= 11 is 0. The van der Waals surface area contributed by atoms with Gasteiger partial charge in [-0.05, 0) is 51.4 Å². The number of nitrogens with zero attached hydrogens (tertiary/aromatic N) is 2. The van der Waals surface area contributed by atoms with Gasteiger partial charge in [0, 0.05) is 18.6 Å². The molecule has 0 aromatic heterocycles. The van der Waals surface area contributed by atoms with Gasteiger partial charge in [0.1, 0.15) is 0 Å². The largest absolute Gasteiger partial charge is 0.454 e. The average molecular weight is 302 g/mol. The van der Waals surface area contributed by atoms with E-state index in [1.807, 2.05) is 18.2 Å². The number of ether oxygens (including phenoxy) is 2. The molecule has 118 valence electrons. The Balaban J connectivity index is 1.61. The lowest BCUT2D eigenvalue weighted by Crippen LogP contribution is -2.47. The second kappa shape index (κ2) is 5.47. The zero-order valence-electron chi connectivity index (χ0n) is 13.0. The molecule has 2 fully saturated rings. The first-order valence-corrected chi connectivity index (χ1v) is 8.15. The van der Waals surface area contributed by atoms with Gasteiger partial charge in [-0.25, -0.2) is 0 Å². The van der Waals surface area contributed by atoms with E-state index in [0.29, 0.717) is 29.1 Å². The highest BCUT2D eigenvalue weighted by Crippen LogP contribution is 2.38. The molecule has 0 bridgehead atoms. The number of rotatable bonds is 2. The van der Waals surface area contributed by atoms with Gasteiger partial charge in [0.05, 0.1) is 5.56 Å². The molecule has 0 saturated carbocycles. The fourth-order valence-corrected chi connectivity index (χ4v) is 4.12. The molecule has 1 aromatic rings. The van der Waals surface area contributed by atoms with Crippen LogP contribution in [0.4, 0.5) is 0 Å². The first kappa shape index (κ1) is 13.9. The normalized spacial score (nSPS) is 27.6. The van der Waals surface area contributed by atoms with Crippen molar-refractivity contribution in [3.05, 3.63) is 23.8 Å². The maximum Gasteiger partial charge on any atom is 0.258 e. The van der Waals surface area contributed by atoms with Crippen molar-refractivity contribution in [3.63, 3.8) is 0 Å². The van der Waals surface area contributed by atoms with Crippen molar-refractivity contribution in [2.24, 2.45) is 0 Å². The number of benzene rings is 1. The summed E-state index contributed by atoms with van der Waals surface area (Å²) in [6.45, 7) is 2.19. The molecular formula is C17H22N2O3. The minimum atomic E-state index is 0.0881. The smallest absolute Gasteiger partial charge is 0.258 e. The molecule has 1 aromatic carbocycles.